The van der Waals surface area contributed by atoms with Gasteiger partial charge >= 0.3 is 0 Å². The number of fused-ring (bicyclic) bond motifs is 1. The van der Waals surface area contributed by atoms with E-state index in [1.165, 1.54) is 28.1 Å². The maximum atomic E-state index is 5.59. The smallest absolute Gasteiger partial charge is 0.0986 e. The number of hydrogen-bond donors (Lipinski definition) is 1. The van der Waals surface area contributed by atoms with Crippen LogP contribution in [0, 0.1) is 0 Å². The van der Waals surface area contributed by atoms with Gasteiger partial charge in [0.15, 0.2) is 0 Å². The second kappa shape index (κ2) is 5.87. The van der Waals surface area contributed by atoms with Gasteiger partial charge in [-0.3, -0.25) is 0 Å². The van der Waals surface area contributed by atoms with E-state index in [0.717, 1.165) is 44.8 Å². The van der Waals surface area contributed by atoms with Crippen molar-refractivity contribution in [2.45, 2.75) is 31.7 Å². The SMILES string of the molecule is c1cc2c(cc1-c1csc(C3CCCOC3)n1)CCNC2. The summed E-state index contributed by atoms with van der Waals surface area (Å²) in [5.41, 5.74) is 5.29. The van der Waals surface area contributed by atoms with Crippen LogP contribution >= 0.6 is 11.3 Å². The maximum Gasteiger partial charge on any atom is 0.0986 e. The van der Waals surface area contributed by atoms with Gasteiger partial charge < -0.3 is 10.1 Å². The quantitative estimate of drug-likeness (QED) is 0.923. The summed E-state index contributed by atoms with van der Waals surface area (Å²) in [5.74, 6) is 0.499. The standard InChI is InChI=1S/C17H20N2OS/c1-2-15(10-20-7-1)17-19-16(11-21-17)13-3-4-14-9-18-6-5-12(14)8-13/h3-4,8,11,15,18H,1-2,5-7,9-10H2. The number of thiazole rings is 1. The fourth-order valence-corrected chi connectivity index (χ4v) is 4.13. The first-order valence-electron chi connectivity index (χ1n) is 7.76. The Morgan fingerprint density at radius 1 is 1.29 bits per heavy atom. The molecule has 4 heteroatoms. The summed E-state index contributed by atoms with van der Waals surface area (Å²) in [4.78, 5) is 4.88. The van der Waals surface area contributed by atoms with E-state index >= 15 is 0 Å². The highest BCUT2D eigenvalue weighted by atomic mass is 32.1. The molecule has 3 heterocycles. The minimum absolute atomic E-state index is 0.499. The Hall–Kier alpha value is -1.23. The molecule has 0 amide bonds. The first kappa shape index (κ1) is 13.4. The lowest BCUT2D eigenvalue weighted by Crippen LogP contribution is -2.23. The molecule has 1 atom stereocenters. The zero-order valence-electron chi connectivity index (χ0n) is 12.1. The minimum Gasteiger partial charge on any atom is -0.381 e. The fourth-order valence-electron chi connectivity index (χ4n) is 3.18. The van der Waals surface area contributed by atoms with E-state index in [2.05, 4.69) is 28.9 Å². The van der Waals surface area contributed by atoms with Crippen molar-refractivity contribution >= 4 is 11.3 Å². The molecule has 1 unspecified atom stereocenters. The van der Waals surface area contributed by atoms with Crippen LogP contribution in [0.15, 0.2) is 23.6 Å². The van der Waals surface area contributed by atoms with Gasteiger partial charge in [0, 0.05) is 30.0 Å². The summed E-state index contributed by atoms with van der Waals surface area (Å²) in [6.07, 6.45) is 3.49. The molecule has 110 valence electrons. The molecular weight excluding hydrogens is 280 g/mol. The summed E-state index contributed by atoms with van der Waals surface area (Å²) in [6, 6.07) is 6.79. The molecule has 0 bridgehead atoms. The molecule has 2 aromatic rings. The number of rotatable bonds is 2. The van der Waals surface area contributed by atoms with Gasteiger partial charge in [0.2, 0.25) is 0 Å². The molecule has 0 aliphatic carbocycles. The third-order valence-corrected chi connectivity index (χ3v) is 5.43. The van der Waals surface area contributed by atoms with Gasteiger partial charge in [-0.05, 0) is 43.0 Å². The van der Waals surface area contributed by atoms with Crippen LogP contribution in [0.4, 0.5) is 0 Å². The third-order valence-electron chi connectivity index (χ3n) is 4.42. The number of ether oxygens (including phenoxy) is 1. The highest BCUT2D eigenvalue weighted by molar-refractivity contribution is 7.10. The Morgan fingerprint density at radius 3 is 3.19 bits per heavy atom. The van der Waals surface area contributed by atoms with Crippen molar-refractivity contribution in [2.75, 3.05) is 19.8 Å². The van der Waals surface area contributed by atoms with Crippen LogP contribution in [0.2, 0.25) is 0 Å². The molecule has 1 saturated heterocycles. The normalized spacial score (nSPS) is 22.0. The van der Waals surface area contributed by atoms with Gasteiger partial charge in [0.25, 0.3) is 0 Å². The third kappa shape index (κ3) is 2.76. The first-order chi connectivity index (χ1) is 10.4. The first-order valence-corrected chi connectivity index (χ1v) is 8.64. The lowest BCUT2D eigenvalue weighted by atomic mass is 9.97. The van der Waals surface area contributed by atoms with Crippen LogP contribution in [-0.4, -0.2) is 24.7 Å². The van der Waals surface area contributed by atoms with E-state index in [1.807, 2.05) is 0 Å². The van der Waals surface area contributed by atoms with Crippen LogP contribution in [0.25, 0.3) is 11.3 Å². The highest BCUT2D eigenvalue weighted by Crippen LogP contribution is 2.32. The number of nitrogens with zero attached hydrogens (tertiary/aromatic N) is 1. The predicted molar refractivity (Wildman–Crippen MR) is 85.8 cm³/mol. The molecule has 1 N–H and O–H groups in total. The molecule has 1 fully saturated rings. The second-order valence-corrected chi connectivity index (χ2v) is 6.78. The van der Waals surface area contributed by atoms with E-state index in [9.17, 15) is 0 Å². The van der Waals surface area contributed by atoms with Crippen LogP contribution in [0.1, 0.15) is 34.9 Å². The molecular formula is C17H20N2OS. The molecule has 4 rings (SSSR count). The average Bonchev–Trinajstić information content (AvgIpc) is 3.05. The summed E-state index contributed by atoms with van der Waals surface area (Å²) in [5, 5.41) is 6.86. The second-order valence-electron chi connectivity index (χ2n) is 5.90. The molecule has 2 aliphatic heterocycles. The largest absolute Gasteiger partial charge is 0.381 e. The van der Waals surface area contributed by atoms with Gasteiger partial charge in [0.05, 0.1) is 17.3 Å². The Balaban J connectivity index is 1.60. The zero-order chi connectivity index (χ0) is 14.1. The summed E-state index contributed by atoms with van der Waals surface area (Å²) < 4.78 is 5.59. The lowest BCUT2D eigenvalue weighted by Gasteiger charge is -2.19. The zero-order valence-corrected chi connectivity index (χ0v) is 12.9. The molecule has 1 aromatic heterocycles. The van der Waals surface area contributed by atoms with Crippen LogP contribution in [-0.2, 0) is 17.7 Å². The van der Waals surface area contributed by atoms with Gasteiger partial charge in [-0.25, -0.2) is 4.98 Å². The molecule has 3 nitrogen and oxygen atoms in total. The Kier molecular flexibility index (Phi) is 3.76. The molecule has 0 saturated carbocycles. The van der Waals surface area contributed by atoms with Crippen molar-refractivity contribution < 1.29 is 4.74 Å². The van der Waals surface area contributed by atoms with Crippen LogP contribution in [0.5, 0.6) is 0 Å². The maximum absolute atomic E-state index is 5.59. The molecule has 21 heavy (non-hydrogen) atoms. The fraction of sp³-hybridized carbons (Fsp3) is 0.471. The van der Waals surface area contributed by atoms with Gasteiger partial charge in [-0.2, -0.15) is 0 Å². The topological polar surface area (TPSA) is 34.1 Å². The Bertz CT molecular complexity index is 631. The van der Waals surface area contributed by atoms with E-state index < -0.39 is 0 Å². The molecule has 1 aromatic carbocycles. The highest BCUT2D eigenvalue weighted by Gasteiger charge is 2.20. The Labute approximate surface area is 129 Å². The average molecular weight is 300 g/mol. The molecule has 2 aliphatic rings. The van der Waals surface area contributed by atoms with Crippen LogP contribution in [0.3, 0.4) is 0 Å². The summed E-state index contributed by atoms with van der Waals surface area (Å²) >= 11 is 1.78. The van der Waals surface area contributed by atoms with E-state index in [-0.39, 0.29) is 0 Å². The monoisotopic (exact) mass is 300 g/mol. The number of nitrogens with one attached hydrogen (secondary N) is 1. The molecule has 0 spiro atoms. The van der Waals surface area contributed by atoms with Gasteiger partial charge in [0.1, 0.15) is 0 Å². The van der Waals surface area contributed by atoms with Crippen molar-refractivity contribution in [1.29, 1.82) is 0 Å². The number of benzene rings is 1. The van der Waals surface area contributed by atoms with Gasteiger partial charge in [-0.15, -0.1) is 11.3 Å². The van der Waals surface area contributed by atoms with E-state index in [1.54, 1.807) is 11.3 Å². The summed E-state index contributed by atoms with van der Waals surface area (Å²) in [6.45, 7) is 3.83. The van der Waals surface area contributed by atoms with Crippen molar-refractivity contribution in [3.05, 3.63) is 39.7 Å². The van der Waals surface area contributed by atoms with Crippen molar-refractivity contribution in [3.63, 3.8) is 0 Å². The summed E-state index contributed by atoms with van der Waals surface area (Å²) in [7, 11) is 0. The van der Waals surface area contributed by atoms with E-state index in [0.29, 0.717) is 5.92 Å². The molecule has 0 radical (unpaired) electrons. The van der Waals surface area contributed by atoms with Crippen molar-refractivity contribution in [2.24, 2.45) is 0 Å². The lowest BCUT2D eigenvalue weighted by molar-refractivity contribution is 0.0804. The van der Waals surface area contributed by atoms with Gasteiger partial charge in [-0.1, -0.05) is 12.1 Å². The van der Waals surface area contributed by atoms with Crippen LogP contribution < -0.4 is 5.32 Å². The minimum atomic E-state index is 0.499. The number of hydrogen-bond acceptors (Lipinski definition) is 4. The van der Waals surface area contributed by atoms with E-state index in [4.69, 9.17) is 9.72 Å². The predicted octanol–water partition coefficient (Wildman–Crippen LogP) is 3.35. The van der Waals surface area contributed by atoms with Crippen molar-refractivity contribution in [1.82, 2.24) is 10.3 Å². The number of aromatic nitrogens is 1. The van der Waals surface area contributed by atoms with Crippen molar-refractivity contribution in [3.8, 4) is 11.3 Å². The Morgan fingerprint density at radius 2 is 2.29 bits per heavy atom.